The second kappa shape index (κ2) is 5.88. The molecule has 2 aliphatic heterocycles. The number of H-pyrrole nitrogens is 1. The van der Waals surface area contributed by atoms with Crippen LogP contribution in [0.3, 0.4) is 0 Å². The van der Waals surface area contributed by atoms with Gasteiger partial charge in [-0.25, -0.2) is 5.10 Å². The van der Waals surface area contributed by atoms with Gasteiger partial charge in [-0.05, 0) is 11.2 Å². The van der Waals surface area contributed by atoms with Crippen molar-refractivity contribution >= 4 is 40.5 Å². The third-order valence-electron chi connectivity index (χ3n) is 2.79. The van der Waals surface area contributed by atoms with Gasteiger partial charge in [0.25, 0.3) is 0 Å². The van der Waals surface area contributed by atoms with E-state index in [0.29, 0.717) is 17.5 Å². The third kappa shape index (κ3) is 2.83. The van der Waals surface area contributed by atoms with E-state index in [-0.39, 0.29) is 5.91 Å². The highest BCUT2D eigenvalue weighted by Crippen LogP contribution is 2.30. The fourth-order valence-corrected chi connectivity index (χ4v) is 3.43. The van der Waals surface area contributed by atoms with Crippen molar-refractivity contribution in [1.82, 2.24) is 20.1 Å². The Morgan fingerprint density at radius 1 is 1.65 bits per heavy atom. The fraction of sp³-hybridized carbons (Fsp3) is 0.455. The van der Waals surface area contributed by atoms with Crippen molar-refractivity contribution in [2.75, 3.05) is 24.2 Å². The Hall–Kier alpha value is -1.48. The van der Waals surface area contributed by atoms with Crippen LogP contribution in [-0.4, -0.2) is 50.0 Å². The van der Waals surface area contributed by atoms with Crippen molar-refractivity contribution in [3.8, 4) is 0 Å². The van der Waals surface area contributed by atoms with E-state index < -0.39 is 0 Å². The minimum absolute atomic E-state index is 0.103. The first-order valence-electron chi connectivity index (χ1n) is 6.29. The summed E-state index contributed by atoms with van der Waals surface area (Å²) < 4.78 is 0. The molecular weight excluding hydrogens is 296 g/mol. The average molecular weight is 310 g/mol. The van der Waals surface area contributed by atoms with E-state index in [2.05, 4.69) is 30.4 Å². The van der Waals surface area contributed by atoms with E-state index in [1.807, 2.05) is 12.3 Å². The Balaban J connectivity index is 1.55. The molecular formula is C11H14N6OS2. The number of amides is 1. The largest absolute Gasteiger partial charge is 0.322 e. The molecule has 1 aromatic rings. The predicted octanol–water partition coefficient (Wildman–Crippen LogP) is 1.51. The molecule has 3 rings (SSSR count). The lowest BCUT2D eigenvalue weighted by atomic mass is 10.3. The van der Waals surface area contributed by atoms with Crippen LogP contribution in [0, 0.1) is 0 Å². The second-order valence-corrected chi connectivity index (χ2v) is 6.24. The minimum Gasteiger partial charge on any atom is -0.322 e. The molecule has 20 heavy (non-hydrogen) atoms. The van der Waals surface area contributed by atoms with Crippen molar-refractivity contribution in [3.63, 3.8) is 0 Å². The molecule has 2 N–H and O–H groups in total. The molecule has 9 heteroatoms. The van der Waals surface area contributed by atoms with Crippen molar-refractivity contribution in [1.29, 1.82) is 0 Å². The SMILES string of the molecule is CCSc1n[nH]c(NC(=O)CC2=CSC3=NCCN23)n1. The number of carbonyl (C=O) groups excluding carboxylic acids is 1. The van der Waals surface area contributed by atoms with Gasteiger partial charge >= 0.3 is 0 Å². The molecule has 0 radical (unpaired) electrons. The molecule has 0 aliphatic carbocycles. The maximum absolute atomic E-state index is 12.0. The number of carbonyl (C=O) groups is 1. The van der Waals surface area contributed by atoms with Crippen molar-refractivity contribution in [2.24, 2.45) is 4.99 Å². The number of anilines is 1. The molecule has 0 bridgehead atoms. The maximum atomic E-state index is 12.0. The molecule has 2 aliphatic rings. The van der Waals surface area contributed by atoms with Crippen LogP contribution in [0.25, 0.3) is 0 Å². The summed E-state index contributed by atoms with van der Waals surface area (Å²) in [7, 11) is 0. The van der Waals surface area contributed by atoms with Gasteiger partial charge in [0.05, 0.1) is 13.0 Å². The van der Waals surface area contributed by atoms with Crippen LogP contribution in [0.1, 0.15) is 13.3 Å². The topological polar surface area (TPSA) is 86.3 Å². The van der Waals surface area contributed by atoms with E-state index in [1.54, 1.807) is 11.8 Å². The molecule has 0 saturated carbocycles. The first-order chi connectivity index (χ1) is 9.76. The zero-order chi connectivity index (χ0) is 13.9. The van der Waals surface area contributed by atoms with Crippen LogP contribution in [-0.2, 0) is 4.79 Å². The number of rotatable bonds is 5. The molecule has 0 saturated heterocycles. The summed E-state index contributed by atoms with van der Waals surface area (Å²) in [5.41, 5.74) is 0.992. The van der Waals surface area contributed by atoms with Crippen molar-refractivity contribution < 1.29 is 4.79 Å². The normalized spacial score (nSPS) is 16.9. The molecule has 1 aromatic heterocycles. The van der Waals surface area contributed by atoms with Crippen LogP contribution in [0.2, 0.25) is 0 Å². The van der Waals surface area contributed by atoms with E-state index in [1.165, 1.54) is 11.8 Å². The van der Waals surface area contributed by atoms with Gasteiger partial charge in [-0.1, -0.05) is 30.4 Å². The summed E-state index contributed by atoms with van der Waals surface area (Å²) in [4.78, 5) is 22.6. The summed E-state index contributed by atoms with van der Waals surface area (Å²) >= 11 is 3.10. The number of nitrogens with zero attached hydrogens (tertiary/aromatic N) is 4. The lowest BCUT2D eigenvalue weighted by molar-refractivity contribution is -0.115. The van der Waals surface area contributed by atoms with Crippen LogP contribution in [0.15, 0.2) is 21.3 Å². The molecule has 1 amide bonds. The predicted molar refractivity (Wildman–Crippen MR) is 80.7 cm³/mol. The molecule has 7 nitrogen and oxygen atoms in total. The van der Waals surface area contributed by atoms with E-state index >= 15 is 0 Å². The zero-order valence-electron chi connectivity index (χ0n) is 10.9. The Labute approximate surface area is 124 Å². The van der Waals surface area contributed by atoms with Crippen molar-refractivity contribution in [3.05, 3.63) is 11.1 Å². The van der Waals surface area contributed by atoms with E-state index in [9.17, 15) is 4.79 Å². The number of thioether (sulfide) groups is 2. The highest BCUT2D eigenvalue weighted by atomic mass is 32.2. The third-order valence-corrected chi connectivity index (χ3v) is 4.47. The van der Waals surface area contributed by atoms with E-state index in [4.69, 9.17) is 0 Å². The van der Waals surface area contributed by atoms with Gasteiger partial charge in [0.1, 0.15) is 0 Å². The van der Waals surface area contributed by atoms with Gasteiger partial charge in [-0.3, -0.25) is 15.1 Å². The number of hydrogen-bond donors (Lipinski definition) is 2. The Morgan fingerprint density at radius 2 is 2.55 bits per heavy atom. The highest BCUT2D eigenvalue weighted by molar-refractivity contribution is 8.16. The minimum atomic E-state index is -0.103. The molecule has 0 spiro atoms. The monoisotopic (exact) mass is 310 g/mol. The van der Waals surface area contributed by atoms with Crippen LogP contribution in [0.5, 0.6) is 0 Å². The first kappa shape index (κ1) is 13.5. The Morgan fingerprint density at radius 3 is 3.40 bits per heavy atom. The number of aromatic amines is 1. The Kier molecular flexibility index (Phi) is 3.97. The van der Waals surface area contributed by atoms with Gasteiger partial charge in [-0.2, -0.15) is 4.98 Å². The van der Waals surface area contributed by atoms with Gasteiger partial charge in [0.2, 0.25) is 17.0 Å². The lowest BCUT2D eigenvalue weighted by Gasteiger charge is -2.15. The summed E-state index contributed by atoms with van der Waals surface area (Å²) in [5, 5.41) is 13.1. The summed E-state index contributed by atoms with van der Waals surface area (Å²) in [5.74, 6) is 1.19. The van der Waals surface area contributed by atoms with Gasteiger partial charge < -0.3 is 4.90 Å². The summed E-state index contributed by atoms with van der Waals surface area (Å²) in [6.45, 7) is 3.70. The zero-order valence-corrected chi connectivity index (χ0v) is 12.6. The molecule has 0 aromatic carbocycles. The molecule has 106 valence electrons. The smallest absolute Gasteiger partial charge is 0.232 e. The van der Waals surface area contributed by atoms with Gasteiger partial charge in [0.15, 0.2) is 5.17 Å². The Bertz CT molecular complexity index is 581. The number of aliphatic imine (C=N–C) groups is 1. The quantitative estimate of drug-likeness (QED) is 0.802. The van der Waals surface area contributed by atoms with E-state index in [0.717, 1.165) is 29.7 Å². The number of nitrogens with one attached hydrogen (secondary N) is 2. The van der Waals surface area contributed by atoms with Gasteiger partial charge in [0, 0.05) is 12.2 Å². The highest BCUT2D eigenvalue weighted by Gasteiger charge is 2.27. The number of amidine groups is 1. The lowest BCUT2D eigenvalue weighted by Crippen LogP contribution is -2.24. The molecule has 0 fully saturated rings. The summed E-state index contributed by atoms with van der Waals surface area (Å²) in [6.07, 6.45) is 0.322. The standard InChI is InChI=1S/C11H14N6OS2/c1-2-19-10-14-9(15-16-10)13-8(18)5-7-6-20-11-12-3-4-17(7)11/h6H,2-5H2,1H3,(H2,13,14,15,16,18). The first-order valence-corrected chi connectivity index (χ1v) is 8.15. The average Bonchev–Trinajstić information content (AvgIpc) is 3.09. The fourth-order valence-electron chi connectivity index (χ4n) is 1.95. The maximum Gasteiger partial charge on any atom is 0.232 e. The van der Waals surface area contributed by atoms with Gasteiger partial charge in [-0.15, -0.1) is 5.10 Å². The van der Waals surface area contributed by atoms with Crippen LogP contribution in [0.4, 0.5) is 5.95 Å². The summed E-state index contributed by atoms with van der Waals surface area (Å²) in [6, 6.07) is 0. The van der Waals surface area contributed by atoms with Crippen molar-refractivity contribution in [2.45, 2.75) is 18.5 Å². The number of hydrogen-bond acceptors (Lipinski definition) is 7. The number of fused-ring (bicyclic) bond motifs is 1. The molecule has 0 atom stereocenters. The molecule has 0 unspecified atom stereocenters. The van der Waals surface area contributed by atoms with Crippen LogP contribution >= 0.6 is 23.5 Å². The molecule has 3 heterocycles. The van der Waals surface area contributed by atoms with Crippen LogP contribution < -0.4 is 5.32 Å². The number of aromatic nitrogens is 3. The second-order valence-electron chi connectivity index (χ2n) is 4.17.